The topological polar surface area (TPSA) is 288 Å². The molecule has 8 N–H and O–H groups in total. The number of aliphatic hydroxyl groups excluding tert-OH is 2. The maximum absolute atomic E-state index is 12.2. The molecular weight excluding hydrogens is 569 g/mol. The van der Waals surface area contributed by atoms with E-state index in [2.05, 4.69) is 24.0 Å². The average molecular weight is 589 g/mol. The third-order valence-corrected chi connectivity index (χ3v) is 6.95. The van der Waals surface area contributed by atoms with Gasteiger partial charge in [0, 0.05) is 0 Å². The fraction of sp³-hybridized carbons (Fsp3) is 0.278. The van der Waals surface area contributed by atoms with Gasteiger partial charge in [-0.3, -0.25) is 18.8 Å². The van der Waals surface area contributed by atoms with Crippen molar-refractivity contribution in [3.63, 3.8) is 0 Å². The third kappa shape index (κ3) is 6.23. The van der Waals surface area contributed by atoms with Crippen molar-refractivity contribution >= 4 is 47.0 Å². The van der Waals surface area contributed by atoms with Crippen LogP contribution in [0, 0.1) is 0 Å². The number of hydrogen-bond acceptors (Lipinski definition) is 15. The smallest absolute Gasteiger partial charge is 0.507 e. The largest absolute Gasteiger partial charge is 0.530 e. The van der Waals surface area contributed by atoms with Gasteiger partial charge in [-0.25, -0.2) is 33.8 Å². The quantitative estimate of drug-likeness (QED) is 0.143. The Morgan fingerprint density at radius 1 is 1.15 bits per heavy atom. The number of nitrogens with two attached hydrogens (primary N) is 1. The minimum Gasteiger partial charge on any atom is -0.507 e. The molecule has 0 aliphatic carbocycles. The molecule has 0 spiro atoms. The number of benzene rings is 1. The van der Waals surface area contributed by atoms with Gasteiger partial charge in [-0.2, -0.15) is 8.42 Å². The van der Waals surface area contributed by atoms with Gasteiger partial charge < -0.3 is 30.3 Å². The first-order valence-corrected chi connectivity index (χ1v) is 13.5. The van der Waals surface area contributed by atoms with Gasteiger partial charge >= 0.3 is 24.1 Å². The summed E-state index contributed by atoms with van der Waals surface area (Å²) in [6, 6.07) is 4.90. The van der Waals surface area contributed by atoms with Crippen LogP contribution in [0.4, 0.5) is 10.6 Å². The van der Waals surface area contributed by atoms with E-state index in [1.807, 2.05) is 0 Å². The van der Waals surface area contributed by atoms with Gasteiger partial charge in [0.2, 0.25) is 0 Å². The number of aromatic hydroxyl groups is 1. The number of amides is 2. The number of nitrogens with zero attached hydrogens (tertiary/aromatic N) is 4. The van der Waals surface area contributed by atoms with Crippen molar-refractivity contribution in [2.75, 3.05) is 12.3 Å². The molecule has 210 valence electrons. The summed E-state index contributed by atoms with van der Waals surface area (Å²) < 4.78 is 54.1. The number of para-hydroxylation sites is 1. The monoisotopic (exact) mass is 589 g/mol. The molecule has 1 saturated heterocycles. The van der Waals surface area contributed by atoms with Crippen LogP contribution in [0.2, 0.25) is 0 Å². The highest BCUT2D eigenvalue weighted by atomic mass is 32.2. The highest BCUT2D eigenvalue weighted by Crippen LogP contribution is 2.44. The van der Waals surface area contributed by atoms with Crippen LogP contribution < -0.4 is 15.2 Å². The Morgan fingerprint density at radius 2 is 1.87 bits per heavy atom. The number of phosphoric acid groups is 1. The van der Waals surface area contributed by atoms with Crippen LogP contribution in [-0.4, -0.2) is 85.1 Å². The predicted molar refractivity (Wildman–Crippen MR) is 126 cm³/mol. The zero-order valence-electron chi connectivity index (χ0n) is 19.3. The van der Waals surface area contributed by atoms with Crippen molar-refractivity contribution in [1.29, 1.82) is 0 Å². The van der Waals surface area contributed by atoms with Crippen molar-refractivity contribution in [3.05, 3.63) is 42.5 Å². The first-order chi connectivity index (χ1) is 18.3. The maximum atomic E-state index is 12.2. The maximum Gasteiger partial charge on any atom is 0.530 e. The number of nitrogen functional groups attached to an aromatic ring is 1. The Kier molecular flexibility index (Phi) is 7.70. The number of hydrogen-bond donors (Lipinski definition) is 7. The normalized spacial score (nSPS) is 22.7. The van der Waals surface area contributed by atoms with Gasteiger partial charge in [-0.1, -0.05) is 12.1 Å². The highest BCUT2D eigenvalue weighted by molar-refractivity contribution is 7.88. The van der Waals surface area contributed by atoms with E-state index >= 15 is 0 Å². The average Bonchev–Trinajstić information content (AvgIpc) is 3.39. The zero-order chi connectivity index (χ0) is 28.5. The van der Waals surface area contributed by atoms with E-state index in [0.717, 1.165) is 23.2 Å². The lowest BCUT2D eigenvalue weighted by atomic mass is 10.1. The SMILES string of the molecule is Nc1ncnc2c1ncn2[C@@H]1O[C@H](COP(=O)(O)OC(=O)NS(=O)(=O)NC(=O)c2ccccc2O)[C@@H](O)[C@H]1O. The van der Waals surface area contributed by atoms with Crippen LogP contribution in [0.3, 0.4) is 0 Å². The van der Waals surface area contributed by atoms with Crippen molar-refractivity contribution in [3.8, 4) is 5.75 Å². The Bertz CT molecular complexity index is 1570. The second kappa shape index (κ2) is 10.7. The molecule has 0 radical (unpaired) electrons. The molecule has 21 heteroatoms. The van der Waals surface area contributed by atoms with Crippen molar-refractivity contribution in [2.45, 2.75) is 24.5 Å². The molecule has 3 aromatic rings. The molecule has 39 heavy (non-hydrogen) atoms. The van der Waals surface area contributed by atoms with Gasteiger partial charge in [0.25, 0.3) is 5.91 Å². The minimum atomic E-state index is -5.32. The number of fused-ring (bicyclic) bond motifs is 1. The summed E-state index contributed by atoms with van der Waals surface area (Å²) in [5.41, 5.74) is 5.62. The van der Waals surface area contributed by atoms with Crippen LogP contribution in [0.1, 0.15) is 16.6 Å². The first-order valence-electron chi connectivity index (χ1n) is 10.6. The molecule has 1 fully saturated rings. The van der Waals surface area contributed by atoms with E-state index in [9.17, 15) is 42.8 Å². The fourth-order valence-electron chi connectivity index (χ4n) is 3.45. The summed E-state index contributed by atoms with van der Waals surface area (Å²) >= 11 is 0. The second-order valence-electron chi connectivity index (χ2n) is 7.83. The number of rotatable bonds is 8. The Balaban J connectivity index is 1.33. The number of phosphoric ester groups is 1. The van der Waals surface area contributed by atoms with E-state index in [-0.39, 0.29) is 17.0 Å². The van der Waals surface area contributed by atoms with E-state index < -0.39 is 72.5 Å². The molecule has 2 amide bonds. The van der Waals surface area contributed by atoms with Gasteiger partial charge in [0.05, 0.1) is 18.5 Å². The Hall–Kier alpha value is -3.91. The molecular formula is C18H20N7O12PS. The number of aliphatic hydroxyl groups is 2. The first kappa shape index (κ1) is 28.1. The zero-order valence-corrected chi connectivity index (χ0v) is 21.0. The van der Waals surface area contributed by atoms with Crippen LogP contribution >= 0.6 is 7.82 Å². The number of ether oxygens (including phenoxy) is 1. The molecule has 1 aliphatic heterocycles. The molecule has 2 aromatic heterocycles. The lowest BCUT2D eigenvalue weighted by molar-refractivity contribution is -0.0505. The number of carbonyl (C=O) groups excluding carboxylic acids is 2. The van der Waals surface area contributed by atoms with Crippen LogP contribution in [0.25, 0.3) is 11.2 Å². The molecule has 3 heterocycles. The number of anilines is 1. The standard InChI is InChI=1S/C18H20N7O12PS/c19-14-11-15(21-6-20-14)25(7-22-11)17-13(28)12(27)10(36-17)5-35-38(31,32)37-18(30)24-39(33,34)23-16(29)8-3-1-2-4-9(8)26/h1-4,6-7,10,12-13,17,26-28H,5H2,(H,23,29)(H,24,30)(H,31,32)(H2,19,20,21)/t10-,12-,13-,17-/m1/s1. The van der Waals surface area contributed by atoms with Crippen molar-refractivity contribution in [1.82, 2.24) is 29.0 Å². The lowest BCUT2D eigenvalue weighted by Gasteiger charge is -2.17. The van der Waals surface area contributed by atoms with Crippen molar-refractivity contribution < 1.29 is 56.6 Å². The highest BCUT2D eigenvalue weighted by Gasteiger charge is 2.45. The van der Waals surface area contributed by atoms with E-state index in [1.165, 1.54) is 27.7 Å². The third-order valence-electron chi connectivity index (χ3n) is 5.19. The van der Waals surface area contributed by atoms with E-state index in [4.69, 9.17) is 10.5 Å². The summed E-state index contributed by atoms with van der Waals surface area (Å²) in [7, 11) is -10.3. The molecule has 4 rings (SSSR count). The summed E-state index contributed by atoms with van der Waals surface area (Å²) in [6.07, 6.45) is -5.63. The molecule has 1 aliphatic rings. The summed E-state index contributed by atoms with van der Waals surface area (Å²) in [5.74, 6) is -1.83. The van der Waals surface area contributed by atoms with Gasteiger partial charge in [0.1, 0.15) is 35.9 Å². The minimum absolute atomic E-state index is 0.0445. The lowest BCUT2D eigenvalue weighted by Crippen LogP contribution is -2.43. The summed E-state index contributed by atoms with van der Waals surface area (Å²) in [6.45, 7) is -0.906. The molecule has 19 nitrogen and oxygen atoms in total. The molecule has 1 unspecified atom stereocenters. The van der Waals surface area contributed by atoms with Crippen LogP contribution in [-0.2, 0) is 28.6 Å². The van der Waals surface area contributed by atoms with Gasteiger partial charge in [-0.05, 0) is 12.1 Å². The number of phenolic OH excluding ortho intramolecular Hbond substituents is 1. The number of nitrogens with one attached hydrogen (secondary N) is 2. The number of carbonyl (C=O) groups is 2. The van der Waals surface area contributed by atoms with Crippen LogP contribution in [0.15, 0.2) is 36.9 Å². The second-order valence-corrected chi connectivity index (χ2v) is 10.6. The van der Waals surface area contributed by atoms with E-state index in [1.54, 1.807) is 0 Å². The van der Waals surface area contributed by atoms with Crippen LogP contribution in [0.5, 0.6) is 5.75 Å². The Labute approximate surface area is 218 Å². The van der Waals surface area contributed by atoms with Crippen molar-refractivity contribution in [2.24, 2.45) is 0 Å². The molecule has 0 saturated carbocycles. The number of phenols is 1. The summed E-state index contributed by atoms with van der Waals surface area (Å²) in [4.78, 5) is 45.4. The molecule has 5 atom stereocenters. The number of imidazole rings is 1. The molecule has 1 aromatic carbocycles. The number of aromatic nitrogens is 4. The van der Waals surface area contributed by atoms with Gasteiger partial charge in [0.15, 0.2) is 17.7 Å². The predicted octanol–water partition coefficient (Wildman–Crippen LogP) is -1.75. The van der Waals surface area contributed by atoms with E-state index in [0.29, 0.717) is 0 Å². The Morgan fingerprint density at radius 3 is 2.59 bits per heavy atom. The summed E-state index contributed by atoms with van der Waals surface area (Å²) in [5, 5.41) is 30.3. The fourth-order valence-corrected chi connectivity index (χ4v) is 4.82. The molecule has 0 bridgehead atoms. The van der Waals surface area contributed by atoms with Gasteiger partial charge in [-0.15, -0.1) is 0 Å².